The van der Waals surface area contributed by atoms with Gasteiger partial charge in [0.15, 0.2) is 5.84 Å². The number of ketones is 1. The number of alkyl halides is 3. The molecule has 0 saturated heterocycles. The van der Waals surface area contributed by atoms with Gasteiger partial charge in [0, 0.05) is 0 Å². The number of amidine groups is 1. The molecule has 0 aromatic heterocycles. The minimum Gasteiger partial charge on any atom is -0.381 e. The molecular weight excluding hydrogens is 186 g/mol. The maximum atomic E-state index is 10.4. The number of rotatable bonds is 1. The Morgan fingerprint density at radius 3 is 1.78 bits per heavy atom. The summed E-state index contributed by atoms with van der Waals surface area (Å²) in [5.41, 5.74) is 4.70. The summed E-state index contributed by atoms with van der Waals surface area (Å²) < 4.78 is -2.09. The molecule has 0 saturated carbocycles. The Labute approximate surface area is 66.6 Å². The maximum Gasteiger partial charge on any atom is 0.256 e. The number of carbonyl (C=O) groups is 1. The molecule has 0 aliphatic carbocycles. The van der Waals surface area contributed by atoms with Crippen LogP contribution < -0.4 is 5.73 Å². The average Bonchev–Trinajstić information content (AvgIpc) is 1.62. The minimum absolute atomic E-state index is 0.755. The summed E-state index contributed by atoms with van der Waals surface area (Å²) in [7, 11) is 0. The molecule has 0 fully saturated rings. The molecule has 6 heteroatoms. The van der Waals surface area contributed by atoms with Crippen LogP contribution in [0.25, 0.3) is 0 Å². The Morgan fingerprint density at radius 1 is 1.44 bits per heavy atom. The van der Waals surface area contributed by atoms with Crippen molar-refractivity contribution in [3.63, 3.8) is 0 Å². The lowest BCUT2D eigenvalue weighted by Gasteiger charge is -2.05. The van der Waals surface area contributed by atoms with Crippen molar-refractivity contribution in [1.82, 2.24) is 0 Å². The lowest BCUT2D eigenvalue weighted by Crippen LogP contribution is -2.32. The van der Waals surface area contributed by atoms with Gasteiger partial charge in [0.2, 0.25) is 5.78 Å². The van der Waals surface area contributed by atoms with E-state index >= 15 is 0 Å². The number of halogens is 3. The van der Waals surface area contributed by atoms with Crippen LogP contribution in [0.15, 0.2) is 0 Å². The van der Waals surface area contributed by atoms with E-state index in [1.165, 1.54) is 0 Å². The standard InChI is InChI=1S/C3H3Cl3N2O/c4-3(5,6)1(9)2(7)8/h(H3,7,8). The van der Waals surface area contributed by atoms with E-state index in [0.29, 0.717) is 0 Å². The number of nitrogens with one attached hydrogen (secondary N) is 1. The van der Waals surface area contributed by atoms with Gasteiger partial charge in [-0.1, -0.05) is 34.8 Å². The van der Waals surface area contributed by atoms with Crippen molar-refractivity contribution in [3.8, 4) is 0 Å². The van der Waals surface area contributed by atoms with Crippen LogP contribution in [0.4, 0.5) is 0 Å². The third kappa shape index (κ3) is 2.89. The molecule has 0 rings (SSSR count). The summed E-state index contributed by atoms with van der Waals surface area (Å²) in [6.07, 6.45) is 0. The molecule has 3 nitrogen and oxygen atoms in total. The first kappa shape index (κ1) is 9.01. The van der Waals surface area contributed by atoms with Crippen molar-refractivity contribution in [2.24, 2.45) is 5.73 Å². The van der Waals surface area contributed by atoms with E-state index in [2.05, 4.69) is 0 Å². The van der Waals surface area contributed by atoms with Crippen LogP contribution in [0, 0.1) is 5.41 Å². The monoisotopic (exact) mass is 188 g/mol. The molecule has 0 atom stereocenters. The molecule has 0 aliphatic rings. The van der Waals surface area contributed by atoms with Crippen molar-refractivity contribution >= 4 is 46.4 Å². The molecule has 0 unspecified atom stereocenters. The zero-order valence-corrected chi connectivity index (χ0v) is 6.39. The van der Waals surface area contributed by atoms with Crippen molar-refractivity contribution in [3.05, 3.63) is 0 Å². The van der Waals surface area contributed by atoms with Gasteiger partial charge in [-0.2, -0.15) is 0 Å². The summed E-state index contributed by atoms with van der Waals surface area (Å²) in [4.78, 5) is 10.4. The predicted octanol–water partition coefficient (Wildman–Crippen LogP) is 0.862. The normalized spacial score (nSPS) is 11.0. The highest BCUT2D eigenvalue weighted by atomic mass is 35.6. The molecule has 0 heterocycles. The molecule has 3 N–H and O–H groups in total. The smallest absolute Gasteiger partial charge is 0.256 e. The fourth-order valence-electron chi connectivity index (χ4n) is 0.153. The first-order valence-corrected chi connectivity index (χ1v) is 2.94. The van der Waals surface area contributed by atoms with Crippen molar-refractivity contribution in [2.45, 2.75) is 3.79 Å². The lowest BCUT2D eigenvalue weighted by atomic mass is 10.4. The SMILES string of the molecule is N=C(N)C(=O)C(Cl)(Cl)Cl. The topological polar surface area (TPSA) is 66.9 Å². The number of Topliss-reactive ketones (excluding diaryl/α,β-unsaturated/α-hetero) is 1. The second kappa shape index (κ2) is 2.73. The molecule has 0 amide bonds. The summed E-state index contributed by atoms with van der Waals surface area (Å²) in [6.45, 7) is 0. The van der Waals surface area contributed by atoms with Gasteiger partial charge < -0.3 is 5.73 Å². The second-order valence-corrected chi connectivity index (χ2v) is 3.52. The fourth-order valence-corrected chi connectivity index (χ4v) is 0.458. The quantitative estimate of drug-likeness (QED) is 0.365. The Bertz CT molecular complexity index is 150. The van der Waals surface area contributed by atoms with Crippen LogP contribution in [0.3, 0.4) is 0 Å². The minimum atomic E-state index is -2.09. The lowest BCUT2D eigenvalue weighted by molar-refractivity contribution is -0.112. The molecule has 0 bridgehead atoms. The Balaban J connectivity index is 4.23. The van der Waals surface area contributed by atoms with E-state index in [9.17, 15) is 4.79 Å². The van der Waals surface area contributed by atoms with Gasteiger partial charge in [-0.3, -0.25) is 10.2 Å². The highest BCUT2D eigenvalue weighted by molar-refractivity contribution is 6.81. The van der Waals surface area contributed by atoms with Crippen LogP contribution in [-0.4, -0.2) is 15.4 Å². The van der Waals surface area contributed by atoms with E-state index in [1.54, 1.807) is 0 Å². The first-order chi connectivity index (χ1) is 3.85. The number of hydrogen-bond acceptors (Lipinski definition) is 2. The molecule has 0 aromatic rings. The van der Waals surface area contributed by atoms with E-state index in [-0.39, 0.29) is 0 Å². The Hall–Kier alpha value is 0.01000. The van der Waals surface area contributed by atoms with Gasteiger partial charge in [-0.05, 0) is 0 Å². The van der Waals surface area contributed by atoms with Crippen LogP contribution >= 0.6 is 34.8 Å². The fraction of sp³-hybridized carbons (Fsp3) is 0.333. The second-order valence-electron chi connectivity index (χ2n) is 1.24. The highest BCUT2D eigenvalue weighted by Gasteiger charge is 2.32. The molecule has 0 aromatic carbocycles. The van der Waals surface area contributed by atoms with Gasteiger partial charge in [0.25, 0.3) is 3.79 Å². The van der Waals surface area contributed by atoms with Crippen LogP contribution in [0.2, 0.25) is 0 Å². The third-order valence-electron chi connectivity index (χ3n) is 0.502. The maximum absolute atomic E-state index is 10.4. The number of nitrogens with two attached hydrogens (primary N) is 1. The van der Waals surface area contributed by atoms with Crippen LogP contribution in [0.1, 0.15) is 0 Å². The van der Waals surface area contributed by atoms with E-state index in [0.717, 1.165) is 0 Å². The summed E-state index contributed by atoms with van der Waals surface area (Å²) in [5, 5.41) is 6.53. The number of hydrogen-bond donors (Lipinski definition) is 2. The van der Waals surface area contributed by atoms with E-state index in [4.69, 9.17) is 45.9 Å². The summed E-state index contributed by atoms with van der Waals surface area (Å²) in [6, 6.07) is 0. The summed E-state index contributed by atoms with van der Waals surface area (Å²) >= 11 is 15.1. The zero-order valence-electron chi connectivity index (χ0n) is 4.12. The van der Waals surface area contributed by atoms with Crippen LogP contribution in [-0.2, 0) is 4.79 Å². The van der Waals surface area contributed by atoms with Crippen molar-refractivity contribution in [1.29, 1.82) is 5.41 Å². The molecular formula is C3H3Cl3N2O. The zero-order chi connectivity index (χ0) is 7.65. The number of carbonyl (C=O) groups excluding carboxylic acids is 1. The average molecular weight is 189 g/mol. The van der Waals surface area contributed by atoms with E-state index < -0.39 is 15.4 Å². The van der Waals surface area contributed by atoms with Crippen molar-refractivity contribution in [2.75, 3.05) is 0 Å². The van der Waals surface area contributed by atoms with Crippen molar-refractivity contribution < 1.29 is 4.79 Å². The Morgan fingerprint density at radius 2 is 1.78 bits per heavy atom. The molecule has 0 spiro atoms. The predicted molar refractivity (Wildman–Crippen MR) is 37.2 cm³/mol. The highest BCUT2D eigenvalue weighted by Crippen LogP contribution is 2.26. The van der Waals surface area contributed by atoms with E-state index in [1.807, 2.05) is 0 Å². The Kier molecular flexibility index (Phi) is 2.73. The summed E-state index contributed by atoms with van der Waals surface area (Å²) in [5.74, 6) is -1.76. The van der Waals surface area contributed by atoms with Gasteiger partial charge in [0.05, 0.1) is 0 Å². The van der Waals surface area contributed by atoms with Gasteiger partial charge >= 0.3 is 0 Å². The first-order valence-electron chi connectivity index (χ1n) is 1.81. The largest absolute Gasteiger partial charge is 0.381 e. The van der Waals surface area contributed by atoms with Crippen LogP contribution in [0.5, 0.6) is 0 Å². The van der Waals surface area contributed by atoms with Gasteiger partial charge in [-0.15, -0.1) is 0 Å². The van der Waals surface area contributed by atoms with Gasteiger partial charge in [-0.25, -0.2) is 0 Å². The molecule has 52 valence electrons. The van der Waals surface area contributed by atoms with Gasteiger partial charge in [0.1, 0.15) is 0 Å². The molecule has 9 heavy (non-hydrogen) atoms. The molecule has 0 aliphatic heterocycles. The molecule has 0 radical (unpaired) electrons. The third-order valence-corrected chi connectivity index (χ3v) is 1.02.